The van der Waals surface area contributed by atoms with E-state index in [-0.39, 0.29) is 5.91 Å². The lowest BCUT2D eigenvalue weighted by Gasteiger charge is -2.23. The van der Waals surface area contributed by atoms with Crippen molar-refractivity contribution in [2.45, 2.75) is 41.5 Å². The van der Waals surface area contributed by atoms with Gasteiger partial charge in [0.05, 0.1) is 12.0 Å². The Hall–Kier alpha value is -1.66. The summed E-state index contributed by atoms with van der Waals surface area (Å²) in [5.41, 5.74) is 3.06. The molecule has 26 heavy (non-hydrogen) atoms. The van der Waals surface area contributed by atoms with Crippen LogP contribution < -0.4 is 4.74 Å². The molecule has 6 heteroatoms. The predicted molar refractivity (Wildman–Crippen MR) is 110 cm³/mol. The van der Waals surface area contributed by atoms with Crippen molar-refractivity contribution in [2.75, 3.05) is 39.8 Å². The van der Waals surface area contributed by atoms with Gasteiger partial charge in [0.1, 0.15) is 4.88 Å². The zero-order valence-electron chi connectivity index (χ0n) is 17.1. The molecule has 0 aromatic carbocycles. The highest BCUT2D eigenvalue weighted by Gasteiger charge is 2.25. The van der Waals surface area contributed by atoms with E-state index in [4.69, 9.17) is 4.74 Å². The normalized spacial score (nSPS) is 11.4. The Morgan fingerprint density at radius 3 is 2.31 bits per heavy atom. The van der Waals surface area contributed by atoms with Crippen molar-refractivity contribution in [3.05, 3.63) is 21.8 Å². The number of carbonyl (C=O) groups is 1. The molecule has 2 aromatic heterocycles. The van der Waals surface area contributed by atoms with E-state index in [2.05, 4.69) is 30.7 Å². The Morgan fingerprint density at radius 1 is 1.08 bits per heavy atom. The first kappa shape index (κ1) is 20.6. The van der Waals surface area contributed by atoms with Crippen LogP contribution >= 0.6 is 11.3 Å². The minimum Gasteiger partial charge on any atom is -0.491 e. The van der Waals surface area contributed by atoms with E-state index in [1.165, 1.54) is 11.3 Å². The van der Waals surface area contributed by atoms with Crippen molar-refractivity contribution in [1.82, 2.24) is 14.8 Å². The van der Waals surface area contributed by atoms with Gasteiger partial charge in [-0.25, -0.2) is 0 Å². The van der Waals surface area contributed by atoms with Crippen LogP contribution in [0.15, 0.2) is 0 Å². The Balaban J connectivity index is 2.41. The minimum absolute atomic E-state index is 0.0262. The fraction of sp³-hybridized carbons (Fsp3) is 0.600. The molecule has 5 nitrogen and oxygen atoms in total. The zero-order valence-corrected chi connectivity index (χ0v) is 17.9. The van der Waals surface area contributed by atoms with Crippen molar-refractivity contribution in [2.24, 2.45) is 0 Å². The van der Waals surface area contributed by atoms with Gasteiger partial charge in [-0.3, -0.25) is 9.78 Å². The van der Waals surface area contributed by atoms with E-state index in [1.807, 2.05) is 27.8 Å². The van der Waals surface area contributed by atoms with Gasteiger partial charge in [0.2, 0.25) is 0 Å². The first-order chi connectivity index (χ1) is 12.3. The van der Waals surface area contributed by atoms with Gasteiger partial charge < -0.3 is 14.5 Å². The average molecular weight is 378 g/mol. The highest BCUT2D eigenvalue weighted by molar-refractivity contribution is 7.21. The fourth-order valence-corrected chi connectivity index (χ4v) is 4.44. The van der Waals surface area contributed by atoms with Crippen LogP contribution in [0.4, 0.5) is 0 Å². The second kappa shape index (κ2) is 8.82. The van der Waals surface area contributed by atoms with E-state index in [0.29, 0.717) is 23.8 Å². The summed E-state index contributed by atoms with van der Waals surface area (Å²) < 4.78 is 7.03. The smallest absolute Gasteiger partial charge is 0.267 e. The number of hydrogen-bond donors (Lipinski definition) is 0. The third-order valence-corrected chi connectivity index (χ3v) is 6.20. The molecule has 2 heterocycles. The molecule has 0 spiro atoms. The summed E-state index contributed by atoms with van der Waals surface area (Å²) in [7, 11) is 1.87. The number of ether oxygens (including phenoxy) is 1. The van der Waals surface area contributed by atoms with E-state index >= 15 is 0 Å². The summed E-state index contributed by atoms with van der Waals surface area (Å²) in [5.74, 6) is 0.721. The van der Waals surface area contributed by atoms with Gasteiger partial charge in [-0.15, -0.1) is 11.3 Å². The summed E-state index contributed by atoms with van der Waals surface area (Å²) in [4.78, 5) is 22.6. The number of aromatic nitrogens is 1. The second-order valence-electron chi connectivity index (χ2n) is 6.56. The number of rotatable bonds is 8. The largest absolute Gasteiger partial charge is 0.491 e. The van der Waals surface area contributed by atoms with Gasteiger partial charge in [0.15, 0.2) is 5.75 Å². The van der Waals surface area contributed by atoms with Crippen LogP contribution in [0.5, 0.6) is 5.75 Å². The lowest BCUT2D eigenvalue weighted by Crippen LogP contribution is -2.36. The Kier molecular flexibility index (Phi) is 7.01. The maximum atomic E-state index is 13.1. The summed E-state index contributed by atoms with van der Waals surface area (Å²) in [5, 5.41) is 0.987. The number of likely N-dealkylation sites (N-methyl/N-ethyl adjacent to an activating group) is 2. The van der Waals surface area contributed by atoms with Gasteiger partial charge >= 0.3 is 0 Å². The maximum Gasteiger partial charge on any atom is 0.267 e. The van der Waals surface area contributed by atoms with Gasteiger partial charge in [0.25, 0.3) is 5.91 Å². The number of carbonyl (C=O) groups excluding carboxylic acids is 1. The molecule has 0 fully saturated rings. The molecule has 0 radical (unpaired) electrons. The second-order valence-corrected chi connectivity index (χ2v) is 7.58. The molecule has 2 rings (SSSR count). The molecule has 144 valence electrons. The molecule has 0 saturated carbocycles. The SMILES string of the molecule is CCOc1c(C(=O)N(C)CCN(CC)CC)sc2c(C)c(C)nc(C)c12. The van der Waals surface area contributed by atoms with Crippen molar-refractivity contribution in [3.63, 3.8) is 0 Å². The predicted octanol–water partition coefficient (Wildman–Crippen LogP) is 4.03. The van der Waals surface area contributed by atoms with Gasteiger partial charge in [0, 0.05) is 36.2 Å². The van der Waals surface area contributed by atoms with Crippen LogP contribution in [-0.2, 0) is 0 Å². The third-order valence-electron chi connectivity index (χ3n) is 4.92. The lowest BCUT2D eigenvalue weighted by molar-refractivity contribution is 0.0781. The first-order valence-electron chi connectivity index (χ1n) is 9.36. The number of fused-ring (bicyclic) bond motifs is 1. The highest BCUT2D eigenvalue weighted by atomic mass is 32.1. The van der Waals surface area contributed by atoms with E-state index in [0.717, 1.165) is 46.7 Å². The van der Waals surface area contributed by atoms with Crippen molar-refractivity contribution in [1.29, 1.82) is 0 Å². The minimum atomic E-state index is 0.0262. The first-order valence-corrected chi connectivity index (χ1v) is 10.2. The number of amides is 1. The standard InChI is InChI=1S/C20H31N3O2S/c1-8-23(9-2)12-11-22(7)20(24)19-17(25-10-3)16-15(6)21-14(5)13(4)18(16)26-19/h8-12H2,1-7H3. The topological polar surface area (TPSA) is 45.7 Å². The molecule has 0 aliphatic heterocycles. The van der Waals surface area contributed by atoms with Crippen molar-refractivity contribution < 1.29 is 9.53 Å². The van der Waals surface area contributed by atoms with E-state index < -0.39 is 0 Å². The Bertz CT molecular complexity index is 781. The van der Waals surface area contributed by atoms with E-state index in [9.17, 15) is 4.79 Å². The number of thiophene rings is 1. The van der Waals surface area contributed by atoms with Crippen LogP contribution in [0.3, 0.4) is 0 Å². The quantitative estimate of drug-likeness (QED) is 0.697. The number of nitrogens with zero attached hydrogens (tertiary/aromatic N) is 3. The molecular weight excluding hydrogens is 346 g/mol. The summed E-state index contributed by atoms with van der Waals surface area (Å²) in [6, 6.07) is 0. The number of pyridine rings is 1. The molecule has 0 N–H and O–H groups in total. The number of hydrogen-bond acceptors (Lipinski definition) is 5. The van der Waals surface area contributed by atoms with Gasteiger partial charge in [-0.2, -0.15) is 0 Å². The molecule has 0 atom stereocenters. The molecule has 0 bridgehead atoms. The van der Waals surface area contributed by atoms with Gasteiger partial charge in [-0.1, -0.05) is 13.8 Å². The van der Waals surface area contributed by atoms with Crippen molar-refractivity contribution in [3.8, 4) is 5.75 Å². The lowest BCUT2D eigenvalue weighted by atomic mass is 10.1. The molecule has 0 saturated heterocycles. The Labute approximate surface area is 161 Å². The van der Waals surface area contributed by atoms with Crippen LogP contribution in [0, 0.1) is 20.8 Å². The average Bonchev–Trinajstić information content (AvgIpc) is 3.00. The van der Waals surface area contributed by atoms with Gasteiger partial charge in [-0.05, 0) is 46.3 Å². The van der Waals surface area contributed by atoms with Crippen LogP contribution in [0.1, 0.15) is 47.4 Å². The maximum absolute atomic E-state index is 13.1. The van der Waals surface area contributed by atoms with Crippen LogP contribution in [0.2, 0.25) is 0 Å². The Morgan fingerprint density at radius 2 is 1.73 bits per heavy atom. The van der Waals surface area contributed by atoms with E-state index in [1.54, 1.807) is 4.90 Å². The van der Waals surface area contributed by atoms with Crippen LogP contribution in [0.25, 0.3) is 10.1 Å². The molecule has 0 unspecified atom stereocenters. The number of aryl methyl sites for hydroxylation is 3. The molecule has 2 aromatic rings. The monoisotopic (exact) mass is 377 g/mol. The fourth-order valence-electron chi connectivity index (χ4n) is 3.09. The summed E-state index contributed by atoms with van der Waals surface area (Å²) in [6.45, 7) is 16.4. The van der Waals surface area contributed by atoms with Crippen molar-refractivity contribution >= 4 is 27.3 Å². The third kappa shape index (κ3) is 4.01. The zero-order chi connectivity index (χ0) is 19.4. The van der Waals surface area contributed by atoms with Crippen LogP contribution in [-0.4, -0.2) is 60.5 Å². The summed E-state index contributed by atoms with van der Waals surface area (Å²) >= 11 is 1.53. The molecular formula is C20H31N3O2S. The molecule has 0 aliphatic carbocycles. The highest BCUT2D eigenvalue weighted by Crippen LogP contribution is 2.42. The molecule has 0 aliphatic rings. The summed E-state index contributed by atoms with van der Waals surface area (Å²) in [6.07, 6.45) is 0. The molecule has 1 amide bonds.